The molecule has 2 fully saturated rings. The average Bonchev–Trinajstić information content (AvgIpc) is 2.80. The molecule has 0 unspecified atom stereocenters. The zero-order valence-electron chi connectivity index (χ0n) is 12.0. The number of carbonyl (C=O) groups is 1. The molecule has 0 N–H and O–H groups in total. The molecule has 0 radical (unpaired) electrons. The van der Waals surface area contributed by atoms with E-state index in [4.69, 9.17) is 4.74 Å². The van der Waals surface area contributed by atoms with Gasteiger partial charge in [-0.2, -0.15) is 0 Å². The van der Waals surface area contributed by atoms with E-state index in [-0.39, 0.29) is 11.6 Å². The zero-order chi connectivity index (χ0) is 14.0. The summed E-state index contributed by atoms with van der Waals surface area (Å²) in [5.74, 6) is 0.844. The van der Waals surface area contributed by atoms with E-state index in [9.17, 15) is 4.79 Å². The van der Waals surface area contributed by atoms with Crippen LogP contribution in [-0.2, 0) is 22.5 Å². The van der Waals surface area contributed by atoms with Crippen LogP contribution in [0.5, 0.6) is 0 Å². The Morgan fingerprint density at radius 2 is 2.15 bits per heavy atom. The molecule has 5 heteroatoms. The first-order chi connectivity index (χ1) is 9.69. The number of hydrogen-bond acceptors (Lipinski definition) is 5. The third-order valence-corrected chi connectivity index (χ3v) is 4.21. The Hall–Kier alpha value is -1.49. The minimum Gasteiger partial charge on any atom is -0.458 e. The number of aromatic nitrogens is 2. The van der Waals surface area contributed by atoms with E-state index in [0.29, 0.717) is 6.42 Å². The normalized spacial score (nSPS) is 26.9. The Bertz CT molecular complexity index is 488. The number of ether oxygens (including phenoxy) is 1. The van der Waals surface area contributed by atoms with Crippen LogP contribution in [0.15, 0.2) is 12.4 Å². The molecule has 2 saturated heterocycles. The maximum atomic E-state index is 11.4. The minimum atomic E-state index is -0.223. The van der Waals surface area contributed by atoms with Crippen LogP contribution in [0.1, 0.15) is 44.0 Å². The topological polar surface area (TPSA) is 55.3 Å². The Balaban J connectivity index is 1.63. The van der Waals surface area contributed by atoms with Crippen molar-refractivity contribution in [1.82, 2.24) is 14.9 Å². The van der Waals surface area contributed by atoms with E-state index in [2.05, 4.69) is 21.8 Å². The molecule has 1 atom stereocenters. The lowest BCUT2D eigenvalue weighted by Gasteiger charge is -2.38. The van der Waals surface area contributed by atoms with E-state index < -0.39 is 0 Å². The fourth-order valence-corrected chi connectivity index (χ4v) is 3.19. The monoisotopic (exact) mass is 275 g/mol. The first-order valence-electron chi connectivity index (χ1n) is 7.43. The Kier molecular flexibility index (Phi) is 3.70. The van der Waals surface area contributed by atoms with Crippen LogP contribution < -0.4 is 0 Å². The third-order valence-electron chi connectivity index (χ3n) is 4.21. The fraction of sp³-hybridized carbons (Fsp3) is 0.667. The van der Waals surface area contributed by atoms with Gasteiger partial charge >= 0.3 is 5.97 Å². The van der Waals surface area contributed by atoms with E-state index in [1.165, 1.54) is 0 Å². The van der Waals surface area contributed by atoms with Crippen molar-refractivity contribution in [2.45, 2.75) is 51.2 Å². The van der Waals surface area contributed by atoms with Gasteiger partial charge in [0.1, 0.15) is 11.4 Å². The lowest BCUT2D eigenvalue weighted by molar-refractivity contribution is -0.152. The SMILES string of the molecule is CCc1ncc(CN2CCC[C@@]3(CCC(=O)O3)C2)cn1. The molecular weight excluding hydrogens is 254 g/mol. The molecule has 0 saturated carbocycles. The summed E-state index contributed by atoms with van der Waals surface area (Å²) >= 11 is 0. The van der Waals surface area contributed by atoms with Crippen LogP contribution in [-0.4, -0.2) is 39.5 Å². The minimum absolute atomic E-state index is 0.0394. The second-order valence-corrected chi connectivity index (χ2v) is 5.83. The van der Waals surface area contributed by atoms with Crippen LogP contribution in [0.2, 0.25) is 0 Å². The van der Waals surface area contributed by atoms with Gasteiger partial charge in [0.2, 0.25) is 0 Å². The van der Waals surface area contributed by atoms with Gasteiger partial charge in [0.05, 0.1) is 0 Å². The predicted octanol–water partition coefficient (Wildman–Crippen LogP) is 1.71. The highest BCUT2D eigenvalue weighted by Crippen LogP contribution is 2.35. The van der Waals surface area contributed by atoms with Gasteiger partial charge in [-0.25, -0.2) is 9.97 Å². The van der Waals surface area contributed by atoms with Crippen molar-refractivity contribution >= 4 is 5.97 Å². The molecule has 0 bridgehead atoms. The highest BCUT2D eigenvalue weighted by Gasteiger charge is 2.43. The van der Waals surface area contributed by atoms with E-state index in [0.717, 1.165) is 56.7 Å². The maximum absolute atomic E-state index is 11.4. The molecule has 3 heterocycles. The second-order valence-electron chi connectivity index (χ2n) is 5.83. The summed E-state index contributed by atoms with van der Waals surface area (Å²) in [6.07, 6.45) is 8.21. The van der Waals surface area contributed by atoms with Crippen molar-refractivity contribution < 1.29 is 9.53 Å². The number of hydrogen-bond donors (Lipinski definition) is 0. The Morgan fingerprint density at radius 1 is 1.35 bits per heavy atom. The smallest absolute Gasteiger partial charge is 0.306 e. The molecular formula is C15H21N3O2. The van der Waals surface area contributed by atoms with Gasteiger partial charge < -0.3 is 4.74 Å². The Labute approximate surface area is 119 Å². The van der Waals surface area contributed by atoms with Crippen molar-refractivity contribution in [1.29, 1.82) is 0 Å². The van der Waals surface area contributed by atoms with Gasteiger partial charge in [-0.1, -0.05) is 6.92 Å². The molecule has 1 spiro atoms. The fourth-order valence-electron chi connectivity index (χ4n) is 3.19. The van der Waals surface area contributed by atoms with Crippen LogP contribution in [0.25, 0.3) is 0 Å². The van der Waals surface area contributed by atoms with Gasteiger partial charge in [0.15, 0.2) is 0 Å². The van der Waals surface area contributed by atoms with E-state index in [1.54, 1.807) is 0 Å². The first-order valence-corrected chi connectivity index (χ1v) is 7.43. The van der Waals surface area contributed by atoms with E-state index in [1.807, 2.05) is 12.4 Å². The number of nitrogens with zero attached hydrogens (tertiary/aromatic N) is 3. The van der Waals surface area contributed by atoms with Crippen LogP contribution in [0.4, 0.5) is 0 Å². The average molecular weight is 275 g/mol. The number of aryl methyl sites for hydroxylation is 1. The molecule has 0 aliphatic carbocycles. The standard InChI is InChI=1S/C15H21N3O2/c1-2-13-16-8-12(9-17-13)10-18-7-3-5-15(11-18)6-4-14(19)20-15/h8-9H,2-7,10-11H2,1H3/t15-/m1/s1. The summed E-state index contributed by atoms with van der Waals surface area (Å²) in [5, 5.41) is 0. The molecule has 0 amide bonds. The van der Waals surface area contributed by atoms with Gasteiger partial charge in [0.25, 0.3) is 0 Å². The summed E-state index contributed by atoms with van der Waals surface area (Å²) in [6.45, 7) is 4.78. The molecule has 0 aromatic carbocycles. The van der Waals surface area contributed by atoms with Gasteiger partial charge in [-0.3, -0.25) is 9.69 Å². The van der Waals surface area contributed by atoms with Crippen molar-refractivity contribution in [3.63, 3.8) is 0 Å². The van der Waals surface area contributed by atoms with Crippen LogP contribution >= 0.6 is 0 Å². The summed E-state index contributed by atoms with van der Waals surface area (Å²) in [5.41, 5.74) is 0.906. The summed E-state index contributed by atoms with van der Waals surface area (Å²) < 4.78 is 5.58. The van der Waals surface area contributed by atoms with Crippen molar-refractivity contribution in [2.24, 2.45) is 0 Å². The van der Waals surface area contributed by atoms with Crippen LogP contribution in [0, 0.1) is 0 Å². The molecule has 1 aromatic heterocycles. The number of esters is 1. The number of rotatable bonds is 3. The van der Waals surface area contributed by atoms with Crippen molar-refractivity contribution in [3.05, 3.63) is 23.8 Å². The zero-order valence-corrected chi connectivity index (χ0v) is 12.0. The molecule has 2 aliphatic rings. The summed E-state index contributed by atoms with van der Waals surface area (Å²) in [4.78, 5) is 22.4. The molecule has 5 nitrogen and oxygen atoms in total. The highest BCUT2D eigenvalue weighted by atomic mass is 16.6. The first kappa shape index (κ1) is 13.5. The predicted molar refractivity (Wildman–Crippen MR) is 74.0 cm³/mol. The largest absolute Gasteiger partial charge is 0.458 e. The molecule has 20 heavy (non-hydrogen) atoms. The number of likely N-dealkylation sites (tertiary alicyclic amines) is 1. The van der Waals surface area contributed by atoms with Gasteiger partial charge in [0, 0.05) is 43.9 Å². The summed E-state index contributed by atoms with van der Waals surface area (Å²) in [6, 6.07) is 0. The quantitative estimate of drug-likeness (QED) is 0.786. The van der Waals surface area contributed by atoms with Crippen LogP contribution in [0.3, 0.4) is 0 Å². The Morgan fingerprint density at radius 3 is 2.80 bits per heavy atom. The highest BCUT2D eigenvalue weighted by molar-refractivity contribution is 5.72. The van der Waals surface area contributed by atoms with Crippen molar-refractivity contribution in [2.75, 3.05) is 13.1 Å². The summed E-state index contributed by atoms with van der Waals surface area (Å²) in [7, 11) is 0. The number of carbonyl (C=O) groups excluding carboxylic acids is 1. The maximum Gasteiger partial charge on any atom is 0.306 e. The van der Waals surface area contributed by atoms with E-state index >= 15 is 0 Å². The molecule has 108 valence electrons. The van der Waals surface area contributed by atoms with Crippen molar-refractivity contribution in [3.8, 4) is 0 Å². The number of piperidine rings is 1. The second kappa shape index (κ2) is 5.48. The molecule has 2 aliphatic heterocycles. The lowest BCUT2D eigenvalue weighted by Crippen LogP contribution is -2.47. The molecule has 1 aromatic rings. The van der Waals surface area contributed by atoms with Gasteiger partial charge in [-0.15, -0.1) is 0 Å². The third kappa shape index (κ3) is 2.82. The lowest BCUT2D eigenvalue weighted by atomic mass is 9.90. The molecule has 3 rings (SSSR count). The van der Waals surface area contributed by atoms with Gasteiger partial charge in [-0.05, 0) is 25.8 Å².